The number of pyridine rings is 2. The third-order valence-corrected chi connectivity index (χ3v) is 4.04. The summed E-state index contributed by atoms with van der Waals surface area (Å²) >= 11 is 1.65. The van der Waals surface area contributed by atoms with Crippen LogP contribution in [0, 0.1) is 0 Å². The molecule has 19 heavy (non-hydrogen) atoms. The monoisotopic (exact) mass is 267 g/mol. The number of nitrogens with two attached hydrogens (primary N) is 1. The number of rotatable bonds is 1. The van der Waals surface area contributed by atoms with Crippen molar-refractivity contribution in [3.05, 3.63) is 42.2 Å². The molecule has 0 spiro atoms. The van der Waals surface area contributed by atoms with Crippen LogP contribution < -0.4 is 5.73 Å². The zero-order valence-corrected chi connectivity index (χ0v) is 10.6. The smallest absolute Gasteiger partial charge is 0.176 e. The first-order valence-electron chi connectivity index (χ1n) is 5.78. The number of anilines is 1. The van der Waals surface area contributed by atoms with Gasteiger partial charge in [-0.05, 0) is 18.2 Å². The molecule has 2 N–H and O–H groups in total. The number of hydrogen-bond donors (Lipinski definition) is 1. The zero-order chi connectivity index (χ0) is 12.8. The summed E-state index contributed by atoms with van der Waals surface area (Å²) < 4.78 is 6.99. The van der Waals surface area contributed by atoms with E-state index in [1.165, 1.54) is 0 Å². The second-order valence-corrected chi connectivity index (χ2v) is 5.16. The second-order valence-electron chi connectivity index (χ2n) is 4.25. The van der Waals surface area contributed by atoms with E-state index >= 15 is 0 Å². The van der Waals surface area contributed by atoms with E-state index in [0.29, 0.717) is 11.4 Å². The van der Waals surface area contributed by atoms with Gasteiger partial charge in [0.25, 0.3) is 0 Å². The molecule has 0 atom stereocenters. The van der Waals surface area contributed by atoms with Crippen molar-refractivity contribution < 1.29 is 4.42 Å². The van der Waals surface area contributed by atoms with Gasteiger partial charge in [0.05, 0.1) is 4.70 Å². The first-order valence-corrected chi connectivity index (χ1v) is 6.66. The molecule has 4 rings (SSSR count). The molecule has 0 aliphatic heterocycles. The van der Waals surface area contributed by atoms with Crippen molar-refractivity contribution in [1.82, 2.24) is 9.97 Å². The van der Waals surface area contributed by atoms with E-state index in [-0.39, 0.29) is 0 Å². The third kappa shape index (κ3) is 1.52. The van der Waals surface area contributed by atoms with Gasteiger partial charge in [0.15, 0.2) is 11.4 Å². The molecule has 4 nitrogen and oxygen atoms in total. The summed E-state index contributed by atoms with van der Waals surface area (Å²) in [5.41, 5.74) is 7.54. The van der Waals surface area contributed by atoms with E-state index < -0.39 is 0 Å². The van der Waals surface area contributed by atoms with E-state index in [1.54, 1.807) is 23.7 Å². The highest BCUT2D eigenvalue weighted by molar-refractivity contribution is 7.17. The predicted molar refractivity (Wildman–Crippen MR) is 77.0 cm³/mol. The molecule has 0 amide bonds. The van der Waals surface area contributed by atoms with Gasteiger partial charge in [-0.1, -0.05) is 0 Å². The van der Waals surface area contributed by atoms with E-state index in [9.17, 15) is 0 Å². The van der Waals surface area contributed by atoms with Crippen molar-refractivity contribution in [2.75, 3.05) is 5.73 Å². The fourth-order valence-corrected chi connectivity index (χ4v) is 3.11. The van der Waals surface area contributed by atoms with E-state index in [4.69, 9.17) is 10.2 Å². The molecule has 0 aliphatic carbocycles. The predicted octanol–water partition coefficient (Wildman–Crippen LogP) is 3.69. The average Bonchev–Trinajstić information content (AvgIpc) is 3.02. The molecule has 4 heterocycles. The summed E-state index contributed by atoms with van der Waals surface area (Å²) in [6.45, 7) is 0. The number of nitrogens with zero attached hydrogens (tertiary/aromatic N) is 2. The Morgan fingerprint density at radius 1 is 1.21 bits per heavy atom. The van der Waals surface area contributed by atoms with Gasteiger partial charge in [-0.15, -0.1) is 11.3 Å². The summed E-state index contributed by atoms with van der Waals surface area (Å²) in [7, 11) is 0. The lowest BCUT2D eigenvalue weighted by Crippen LogP contribution is -1.87. The summed E-state index contributed by atoms with van der Waals surface area (Å²) in [5.74, 6) is 1.23. The van der Waals surface area contributed by atoms with Crippen LogP contribution in [0.2, 0.25) is 0 Å². The Balaban J connectivity index is 2.02. The summed E-state index contributed by atoms with van der Waals surface area (Å²) in [5, 5.41) is 4.19. The van der Waals surface area contributed by atoms with Crippen molar-refractivity contribution in [2.24, 2.45) is 0 Å². The number of fused-ring (bicyclic) bond motifs is 2. The molecular formula is C14H9N3OS. The lowest BCUT2D eigenvalue weighted by molar-refractivity contribution is 0.632. The summed E-state index contributed by atoms with van der Waals surface area (Å²) in [6, 6.07) is 5.89. The Morgan fingerprint density at radius 3 is 3.05 bits per heavy atom. The van der Waals surface area contributed by atoms with E-state index in [0.717, 1.165) is 26.8 Å². The van der Waals surface area contributed by atoms with Crippen LogP contribution in [0.4, 0.5) is 5.82 Å². The van der Waals surface area contributed by atoms with Crippen LogP contribution in [0.5, 0.6) is 0 Å². The van der Waals surface area contributed by atoms with Gasteiger partial charge in [-0.3, -0.25) is 4.98 Å². The van der Waals surface area contributed by atoms with E-state index in [1.807, 2.05) is 24.4 Å². The van der Waals surface area contributed by atoms with Crippen molar-refractivity contribution in [3.8, 4) is 11.3 Å². The first-order chi connectivity index (χ1) is 9.33. The maximum absolute atomic E-state index is 5.85. The topological polar surface area (TPSA) is 64.9 Å². The van der Waals surface area contributed by atoms with E-state index in [2.05, 4.69) is 15.3 Å². The van der Waals surface area contributed by atoms with Gasteiger partial charge < -0.3 is 10.2 Å². The summed E-state index contributed by atoms with van der Waals surface area (Å²) in [4.78, 5) is 8.17. The Bertz CT molecular complexity index is 894. The highest BCUT2D eigenvalue weighted by Gasteiger charge is 2.12. The minimum atomic E-state index is 0.421. The van der Waals surface area contributed by atoms with Gasteiger partial charge in [0.1, 0.15) is 5.76 Å². The molecule has 92 valence electrons. The molecule has 0 unspecified atom stereocenters. The molecule has 5 heteroatoms. The highest BCUT2D eigenvalue weighted by atomic mass is 32.1. The summed E-state index contributed by atoms with van der Waals surface area (Å²) in [6.07, 6.45) is 5.34. The highest BCUT2D eigenvalue weighted by Crippen LogP contribution is 2.37. The van der Waals surface area contributed by atoms with Crippen LogP contribution in [0.15, 0.2) is 46.6 Å². The molecule has 4 aromatic heterocycles. The SMILES string of the molecule is Nc1nccc2cc(-c3csc4cnccc34)oc12. The van der Waals surface area contributed by atoms with Gasteiger partial charge >= 0.3 is 0 Å². The maximum Gasteiger partial charge on any atom is 0.176 e. The van der Waals surface area contributed by atoms with Crippen LogP contribution in [0.25, 0.3) is 32.4 Å². The Kier molecular flexibility index (Phi) is 2.10. The molecule has 4 aromatic rings. The lowest BCUT2D eigenvalue weighted by atomic mass is 10.1. The fourth-order valence-electron chi connectivity index (χ4n) is 2.19. The van der Waals surface area contributed by atoms with Crippen LogP contribution in [0.3, 0.4) is 0 Å². The first kappa shape index (κ1) is 10.5. The van der Waals surface area contributed by atoms with Crippen LogP contribution >= 0.6 is 11.3 Å². The van der Waals surface area contributed by atoms with Crippen molar-refractivity contribution >= 4 is 38.2 Å². The van der Waals surface area contributed by atoms with Crippen LogP contribution in [0.1, 0.15) is 0 Å². The minimum Gasteiger partial charge on any atom is -0.452 e. The van der Waals surface area contributed by atoms with Gasteiger partial charge in [-0.2, -0.15) is 0 Å². The average molecular weight is 267 g/mol. The van der Waals surface area contributed by atoms with Crippen LogP contribution in [-0.2, 0) is 0 Å². The Hall–Kier alpha value is -2.40. The third-order valence-electron chi connectivity index (χ3n) is 3.11. The number of aromatic nitrogens is 2. The molecule has 0 radical (unpaired) electrons. The molecule has 0 saturated carbocycles. The fraction of sp³-hybridized carbons (Fsp3) is 0. The molecular weight excluding hydrogens is 258 g/mol. The number of furan rings is 1. The quantitative estimate of drug-likeness (QED) is 0.571. The van der Waals surface area contributed by atoms with Crippen LogP contribution in [-0.4, -0.2) is 9.97 Å². The number of hydrogen-bond acceptors (Lipinski definition) is 5. The van der Waals surface area contributed by atoms with Gasteiger partial charge in [-0.25, -0.2) is 4.98 Å². The molecule has 0 aromatic carbocycles. The van der Waals surface area contributed by atoms with Gasteiger partial charge in [0, 0.05) is 40.3 Å². The number of thiophene rings is 1. The molecule has 0 fully saturated rings. The maximum atomic E-state index is 5.85. The minimum absolute atomic E-state index is 0.421. The van der Waals surface area contributed by atoms with Crippen molar-refractivity contribution in [2.45, 2.75) is 0 Å². The van der Waals surface area contributed by atoms with Crippen molar-refractivity contribution in [1.29, 1.82) is 0 Å². The standard InChI is InChI=1S/C14H9N3OS/c15-14-13-8(1-4-17-14)5-11(18-13)10-7-19-12-6-16-3-2-9(10)12/h1-7H,(H2,15,17). The second kappa shape index (κ2) is 3.80. The number of nitrogen functional groups attached to an aromatic ring is 1. The Morgan fingerprint density at radius 2 is 2.16 bits per heavy atom. The molecule has 0 bridgehead atoms. The zero-order valence-electron chi connectivity index (χ0n) is 9.83. The molecule has 0 saturated heterocycles. The molecule has 0 aliphatic rings. The normalized spacial score (nSPS) is 11.4. The van der Waals surface area contributed by atoms with Crippen molar-refractivity contribution in [3.63, 3.8) is 0 Å². The largest absolute Gasteiger partial charge is 0.452 e. The lowest BCUT2D eigenvalue weighted by Gasteiger charge is -1.94. The Labute approximate surface area is 112 Å². The van der Waals surface area contributed by atoms with Gasteiger partial charge in [0.2, 0.25) is 0 Å².